The Balaban J connectivity index is 0.00000225. The van der Waals surface area contributed by atoms with Crippen molar-refractivity contribution in [3.05, 3.63) is 0 Å². The van der Waals surface area contributed by atoms with Crippen LogP contribution in [0, 0.1) is 0 Å². The minimum absolute atomic E-state index is 0. The quantitative estimate of drug-likeness (QED) is 0.651. The fourth-order valence-corrected chi connectivity index (χ4v) is 1.89. The molecule has 5 heteroatoms. The van der Waals surface area contributed by atoms with Gasteiger partial charge in [0, 0.05) is 31.6 Å². The largest absolute Gasteiger partial charge is 0.394 e. The van der Waals surface area contributed by atoms with Gasteiger partial charge in [-0.2, -0.15) is 0 Å². The summed E-state index contributed by atoms with van der Waals surface area (Å²) >= 11 is 0. The van der Waals surface area contributed by atoms with Crippen molar-refractivity contribution in [1.82, 2.24) is 4.90 Å². The molecule has 1 heterocycles. The fourth-order valence-electron chi connectivity index (χ4n) is 1.89. The van der Waals surface area contributed by atoms with Crippen LogP contribution in [-0.2, 0) is 28.0 Å². The molecule has 1 fully saturated rings. The van der Waals surface area contributed by atoms with Crippen molar-refractivity contribution in [1.29, 1.82) is 0 Å². The van der Waals surface area contributed by atoms with Crippen LogP contribution >= 0.6 is 0 Å². The molecule has 1 aliphatic rings. The number of nitrogens with zero attached hydrogens (tertiary/aromatic N) is 1. The van der Waals surface area contributed by atoms with Crippen LogP contribution < -0.4 is 0 Å². The Morgan fingerprint density at radius 3 is 2.81 bits per heavy atom. The van der Waals surface area contributed by atoms with Crippen LogP contribution in [-0.4, -0.2) is 62.2 Å². The molecule has 0 saturated carbocycles. The van der Waals surface area contributed by atoms with Gasteiger partial charge in [-0.15, -0.1) is 0 Å². The Morgan fingerprint density at radius 2 is 2.12 bits per heavy atom. The molecular weight excluding hydrogens is 245 g/mol. The minimum atomic E-state index is 0. The Bertz CT molecular complexity index is 160. The maximum atomic E-state index is 8.50. The van der Waals surface area contributed by atoms with E-state index in [9.17, 15) is 0 Å². The summed E-state index contributed by atoms with van der Waals surface area (Å²) in [4.78, 5) is 2.44. The van der Waals surface area contributed by atoms with Gasteiger partial charge in [0.05, 0.1) is 32.5 Å². The van der Waals surface area contributed by atoms with E-state index < -0.39 is 0 Å². The zero-order valence-electron chi connectivity index (χ0n) is 10.1. The first-order valence-electron chi connectivity index (χ1n) is 5.89. The maximum absolute atomic E-state index is 8.50. The van der Waals surface area contributed by atoms with Crippen molar-refractivity contribution < 1.29 is 33.1 Å². The summed E-state index contributed by atoms with van der Waals surface area (Å²) in [5.41, 5.74) is 0. The first kappa shape index (κ1) is 16.4. The van der Waals surface area contributed by atoms with Crippen molar-refractivity contribution >= 4 is 0 Å². The van der Waals surface area contributed by atoms with E-state index in [0.717, 1.165) is 19.5 Å². The number of likely N-dealkylation sites (tertiary alicyclic amines) is 1. The Labute approximate surface area is 110 Å². The molecule has 0 amide bonds. The second-order valence-corrected chi connectivity index (χ2v) is 3.92. The summed E-state index contributed by atoms with van der Waals surface area (Å²) in [7, 11) is 0. The first-order valence-corrected chi connectivity index (χ1v) is 5.89. The van der Waals surface area contributed by atoms with Gasteiger partial charge in [0.25, 0.3) is 0 Å². The van der Waals surface area contributed by atoms with E-state index in [1.54, 1.807) is 0 Å². The van der Waals surface area contributed by atoms with Crippen LogP contribution in [0.2, 0.25) is 0 Å². The topological polar surface area (TPSA) is 41.9 Å². The maximum Gasteiger partial charge on any atom is 0.0715 e. The van der Waals surface area contributed by atoms with Crippen LogP contribution in [0.25, 0.3) is 0 Å². The van der Waals surface area contributed by atoms with Gasteiger partial charge in [0.2, 0.25) is 0 Å². The van der Waals surface area contributed by atoms with E-state index in [0.29, 0.717) is 25.9 Å². The standard InChI is InChI=1S/C11H23NO3.V/c1-2-4-12-5-3-11(10-12)15-9-8-14-7-6-13;/h11,13H,2-10H2,1H3;. The number of ether oxygens (including phenoxy) is 2. The van der Waals surface area contributed by atoms with Crippen molar-refractivity contribution in [2.75, 3.05) is 46.1 Å². The van der Waals surface area contributed by atoms with Crippen molar-refractivity contribution in [2.45, 2.75) is 25.9 Å². The molecule has 0 spiro atoms. The van der Waals surface area contributed by atoms with Gasteiger partial charge in [-0.25, -0.2) is 0 Å². The molecule has 0 aromatic rings. The summed E-state index contributed by atoms with van der Waals surface area (Å²) in [6.07, 6.45) is 2.74. The Morgan fingerprint density at radius 1 is 1.31 bits per heavy atom. The Kier molecular flexibility index (Phi) is 10.9. The molecule has 0 aromatic carbocycles. The number of rotatable bonds is 8. The van der Waals surface area contributed by atoms with Crippen molar-refractivity contribution in [2.24, 2.45) is 0 Å². The fraction of sp³-hybridized carbons (Fsp3) is 1.00. The molecule has 0 bridgehead atoms. The normalized spacial score (nSPS) is 21.0. The van der Waals surface area contributed by atoms with Crippen LogP contribution in [0.15, 0.2) is 0 Å². The average molecular weight is 268 g/mol. The molecule has 1 atom stereocenters. The molecule has 4 nitrogen and oxygen atoms in total. The van der Waals surface area contributed by atoms with E-state index in [4.69, 9.17) is 14.6 Å². The van der Waals surface area contributed by atoms with Crippen molar-refractivity contribution in [3.8, 4) is 0 Å². The molecule has 1 saturated heterocycles. The second kappa shape index (κ2) is 10.6. The monoisotopic (exact) mass is 268 g/mol. The molecule has 1 rings (SSSR count). The van der Waals surface area contributed by atoms with E-state index in [2.05, 4.69) is 11.8 Å². The van der Waals surface area contributed by atoms with Gasteiger partial charge in [-0.1, -0.05) is 6.92 Å². The minimum Gasteiger partial charge on any atom is -0.394 e. The zero-order valence-corrected chi connectivity index (χ0v) is 11.5. The summed E-state index contributed by atoms with van der Waals surface area (Å²) in [5.74, 6) is 0. The summed E-state index contributed by atoms with van der Waals surface area (Å²) < 4.78 is 10.8. The van der Waals surface area contributed by atoms with Gasteiger partial charge in [0.1, 0.15) is 0 Å². The predicted octanol–water partition coefficient (Wildman–Crippen LogP) is 0.494. The van der Waals surface area contributed by atoms with E-state index in [1.807, 2.05) is 0 Å². The third-order valence-electron chi connectivity index (χ3n) is 2.59. The van der Waals surface area contributed by atoms with Gasteiger partial charge >= 0.3 is 0 Å². The van der Waals surface area contributed by atoms with E-state index >= 15 is 0 Å². The van der Waals surface area contributed by atoms with Gasteiger partial charge in [-0.05, 0) is 19.4 Å². The van der Waals surface area contributed by atoms with E-state index in [-0.39, 0.29) is 25.2 Å². The van der Waals surface area contributed by atoms with Gasteiger partial charge < -0.3 is 19.5 Å². The molecule has 1 N–H and O–H groups in total. The van der Waals surface area contributed by atoms with Crippen LogP contribution in [0.5, 0.6) is 0 Å². The SMILES string of the molecule is CCCN1CCC(OCCOCCO)C1.[V]. The molecule has 16 heavy (non-hydrogen) atoms. The predicted molar refractivity (Wildman–Crippen MR) is 59.0 cm³/mol. The molecular formula is C11H23NO3V. The van der Waals surface area contributed by atoms with Crippen LogP contribution in [0.3, 0.4) is 0 Å². The van der Waals surface area contributed by atoms with Gasteiger partial charge in [0.15, 0.2) is 0 Å². The first-order chi connectivity index (χ1) is 7.36. The molecule has 0 aliphatic carbocycles. The molecule has 1 unspecified atom stereocenters. The van der Waals surface area contributed by atoms with Crippen LogP contribution in [0.1, 0.15) is 19.8 Å². The number of aliphatic hydroxyl groups is 1. The van der Waals surface area contributed by atoms with Gasteiger partial charge in [-0.3, -0.25) is 0 Å². The second-order valence-electron chi connectivity index (χ2n) is 3.92. The average Bonchev–Trinajstić information content (AvgIpc) is 2.66. The summed E-state index contributed by atoms with van der Waals surface area (Å²) in [6, 6.07) is 0. The summed E-state index contributed by atoms with van der Waals surface area (Å²) in [5, 5.41) is 8.50. The van der Waals surface area contributed by atoms with E-state index in [1.165, 1.54) is 13.0 Å². The molecule has 1 radical (unpaired) electrons. The third kappa shape index (κ3) is 6.89. The Hall–Kier alpha value is 0.424. The van der Waals surface area contributed by atoms with Crippen molar-refractivity contribution in [3.63, 3.8) is 0 Å². The third-order valence-corrected chi connectivity index (χ3v) is 2.59. The van der Waals surface area contributed by atoms with Crippen LogP contribution in [0.4, 0.5) is 0 Å². The number of hydrogen-bond acceptors (Lipinski definition) is 4. The summed E-state index contributed by atoms with van der Waals surface area (Å²) in [6.45, 7) is 7.35. The zero-order chi connectivity index (χ0) is 10.9. The number of aliphatic hydroxyl groups excluding tert-OH is 1. The molecule has 0 aromatic heterocycles. The molecule has 1 aliphatic heterocycles. The smallest absolute Gasteiger partial charge is 0.0715 e. The number of hydrogen-bond donors (Lipinski definition) is 1. The molecule has 95 valence electrons.